The third-order valence-electron chi connectivity index (χ3n) is 2.43. The molecule has 3 nitrogen and oxygen atoms in total. The Hall–Kier alpha value is -0.450. The second-order valence-corrected chi connectivity index (χ2v) is 4.71. The summed E-state index contributed by atoms with van der Waals surface area (Å²) in [6, 6.07) is 0. The van der Waals surface area contributed by atoms with Crippen molar-refractivity contribution < 1.29 is 4.74 Å². The summed E-state index contributed by atoms with van der Waals surface area (Å²) >= 11 is 1.59. The first-order valence-electron chi connectivity index (χ1n) is 5.33. The number of likely N-dealkylation sites (N-methyl/N-ethyl adjacent to an activating group) is 1. The standard InChI is InChI=1S/C11H20N2OS/c1-5-14-7-6-13(4)8-11-9(2)12-15-10(11)3/h5-8H2,1-4H3. The number of hydrogen-bond acceptors (Lipinski definition) is 4. The van der Waals surface area contributed by atoms with Crippen molar-refractivity contribution >= 4 is 11.5 Å². The Bertz CT molecular complexity index is 279. The zero-order chi connectivity index (χ0) is 11.3. The molecule has 0 saturated carbocycles. The van der Waals surface area contributed by atoms with Gasteiger partial charge in [0.2, 0.25) is 0 Å². The Kier molecular flexibility index (Phi) is 5.22. The monoisotopic (exact) mass is 228 g/mol. The fourth-order valence-corrected chi connectivity index (χ4v) is 2.15. The molecule has 0 atom stereocenters. The van der Waals surface area contributed by atoms with Gasteiger partial charge < -0.3 is 4.74 Å². The smallest absolute Gasteiger partial charge is 0.0593 e. The zero-order valence-electron chi connectivity index (χ0n) is 10.0. The number of nitrogens with zero attached hydrogens (tertiary/aromatic N) is 2. The average Bonchev–Trinajstić information content (AvgIpc) is 2.50. The molecule has 15 heavy (non-hydrogen) atoms. The predicted molar refractivity (Wildman–Crippen MR) is 64.4 cm³/mol. The summed E-state index contributed by atoms with van der Waals surface area (Å²) in [7, 11) is 2.12. The molecule has 86 valence electrons. The molecule has 4 heteroatoms. The predicted octanol–water partition coefficient (Wildman–Crippen LogP) is 2.23. The lowest BCUT2D eigenvalue weighted by Crippen LogP contribution is -2.23. The van der Waals surface area contributed by atoms with Gasteiger partial charge in [0, 0.05) is 30.1 Å². The maximum Gasteiger partial charge on any atom is 0.0593 e. The van der Waals surface area contributed by atoms with Crippen LogP contribution >= 0.6 is 11.5 Å². The molecule has 0 fully saturated rings. The van der Waals surface area contributed by atoms with Crippen molar-refractivity contribution in [3.8, 4) is 0 Å². The van der Waals surface area contributed by atoms with Gasteiger partial charge in [-0.05, 0) is 39.4 Å². The van der Waals surface area contributed by atoms with E-state index in [1.165, 1.54) is 16.1 Å². The molecule has 0 N–H and O–H groups in total. The quantitative estimate of drug-likeness (QED) is 0.698. The van der Waals surface area contributed by atoms with Crippen LogP contribution in [0.2, 0.25) is 0 Å². The first kappa shape index (κ1) is 12.6. The van der Waals surface area contributed by atoms with Gasteiger partial charge in [-0.25, -0.2) is 0 Å². The molecule has 0 amide bonds. The molecule has 0 aliphatic rings. The zero-order valence-corrected chi connectivity index (χ0v) is 10.9. The third-order valence-corrected chi connectivity index (χ3v) is 3.32. The summed E-state index contributed by atoms with van der Waals surface area (Å²) in [6.45, 7) is 9.79. The Labute approximate surface area is 96.2 Å². The van der Waals surface area contributed by atoms with Crippen LogP contribution in [0, 0.1) is 13.8 Å². The van der Waals surface area contributed by atoms with Crippen LogP contribution < -0.4 is 0 Å². The number of aryl methyl sites for hydroxylation is 2. The van der Waals surface area contributed by atoms with Crippen LogP contribution in [0.15, 0.2) is 0 Å². The Morgan fingerprint density at radius 2 is 2.13 bits per heavy atom. The molecule has 1 rings (SSSR count). The molecular formula is C11H20N2OS. The van der Waals surface area contributed by atoms with Crippen LogP contribution in [0.5, 0.6) is 0 Å². The van der Waals surface area contributed by atoms with Gasteiger partial charge in [0.05, 0.1) is 12.3 Å². The van der Waals surface area contributed by atoms with Crippen LogP contribution in [-0.4, -0.2) is 36.1 Å². The van der Waals surface area contributed by atoms with E-state index in [9.17, 15) is 0 Å². The number of aromatic nitrogens is 1. The number of ether oxygens (including phenoxy) is 1. The second kappa shape index (κ2) is 6.20. The molecule has 0 bridgehead atoms. The summed E-state index contributed by atoms with van der Waals surface area (Å²) in [6.07, 6.45) is 0. The van der Waals surface area contributed by atoms with E-state index < -0.39 is 0 Å². The highest BCUT2D eigenvalue weighted by molar-refractivity contribution is 7.05. The van der Waals surface area contributed by atoms with E-state index in [4.69, 9.17) is 4.74 Å². The summed E-state index contributed by atoms with van der Waals surface area (Å²) in [4.78, 5) is 3.61. The molecule has 1 heterocycles. The lowest BCUT2D eigenvalue weighted by atomic mass is 10.2. The van der Waals surface area contributed by atoms with Crippen molar-refractivity contribution in [2.24, 2.45) is 0 Å². The van der Waals surface area contributed by atoms with Gasteiger partial charge >= 0.3 is 0 Å². The maximum absolute atomic E-state index is 5.33. The topological polar surface area (TPSA) is 25.4 Å². The Morgan fingerprint density at radius 1 is 1.40 bits per heavy atom. The van der Waals surface area contributed by atoms with Gasteiger partial charge in [-0.15, -0.1) is 0 Å². The van der Waals surface area contributed by atoms with E-state index >= 15 is 0 Å². The molecule has 0 unspecified atom stereocenters. The first-order valence-corrected chi connectivity index (χ1v) is 6.10. The van der Waals surface area contributed by atoms with Crippen molar-refractivity contribution in [1.82, 2.24) is 9.27 Å². The normalized spacial score (nSPS) is 11.3. The van der Waals surface area contributed by atoms with Gasteiger partial charge in [-0.2, -0.15) is 4.37 Å². The fourth-order valence-electron chi connectivity index (χ4n) is 1.44. The molecule has 0 aliphatic carbocycles. The molecule has 0 saturated heterocycles. The van der Waals surface area contributed by atoms with Gasteiger partial charge in [0.1, 0.15) is 0 Å². The van der Waals surface area contributed by atoms with Crippen LogP contribution in [0.4, 0.5) is 0 Å². The largest absolute Gasteiger partial charge is 0.380 e. The van der Waals surface area contributed by atoms with E-state index in [2.05, 4.69) is 30.2 Å². The minimum Gasteiger partial charge on any atom is -0.380 e. The van der Waals surface area contributed by atoms with Crippen molar-refractivity contribution in [2.45, 2.75) is 27.3 Å². The van der Waals surface area contributed by atoms with E-state index in [1.807, 2.05) is 6.92 Å². The summed E-state index contributed by atoms with van der Waals surface area (Å²) in [5, 5.41) is 0. The minimum atomic E-state index is 0.798. The van der Waals surface area contributed by atoms with E-state index in [0.29, 0.717) is 0 Å². The molecule has 0 aliphatic heterocycles. The van der Waals surface area contributed by atoms with Crippen molar-refractivity contribution in [2.75, 3.05) is 26.8 Å². The van der Waals surface area contributed by atoms with E-state index in [1.54, 1.807) is 11.5 Å². The Morgan fingerprint density at radius 3 is 2.67 bits per heavy atom. The van der Waals surface area contributed by atoms with Crippen LogP contribution in [0.1, 0.15) is 23.1 Å². The third kappa shape index (κ3) is 3.89. The molecular weight excluding hydrogens is 208 g/mol. The molecule has 0 radical (unpaired) electrons. The number of hydrogen-bond donors (Lipinski definition) is 0. The molecule has 1 aromatic rings. The fraction of sp³-hybridized carbons (Fsp3) is 0.727. The summed E-state index contributed by atoms with van der Waals surface area (Å²) < 4.78 is 9.68. The van der Waals surface area contributed by atoms with Crippen LogP contribution in [0.25, 0.3) is 0 Å². The van der Waals surface area contributed by atoms with Crippen LogP contribution in [0.3, 0.4) is 0 Å². The van der Waals surface area contributed by atoms with E-state index in [-0.39, 0.29) is 0 Å². The highest BCUT2D eigenvalue weighted by Crippen LogP contribution is 2.18. The lowest BCUT2D eigenvalue weighted by Gasteiger charge is -2.16. The summed E-state index contributed by atoms with van der Waals surface area (Å²) in [5.41, 5.74) is 2.54. The Balaban J connectivity index is 2.40. The van der Waals surface area contributed by atoms with Gasteiger partial charge in [0.15, 0.2) is 0 Å². The van der Waals surface area contributed by atoms with Crippen molar-refractivity contribution in [3.05, 3.63) is 16.1 Å². The lowest BCUT2D eigenvalue weighted by molar-refractivity contribution is 0.120. The maximum atomic E-state index is 5.33. The number of rotatable bonds is 6. The molecule has 0 aromatic carbocycles. The molecule has 1 aromatic heterocycles. The minimum absolute atomic E-state index is 0.798. The highest BCUT2D eigenvalue weighted by Gasteiger charge is 2.09. The van der Waals surface area contributed by atoms with Crippen molar-refractivity contribution in [3.63, 3.8) is 0 Å². The SMILES string of the molecule is CCOCCN(C)Cc1c(C)nsc1C. The van der Waals surface area contributed by atoms with Gasteiger partial charge in [-0.3, -0.25) is 4.90 Å². The second-order valence-electron chi connectivity index (χ2n) is 3.74. The first-order chi connectivity index (χ1) is 7.15. The van der Waals surface area contributed by atoms with Gasteiger partial charge in [-0.1, -0.05) is 0 Å². The summed E-state index contributed by atoms with van der Waals surface area (Å²) in [5.74, 6) is 0. The van der Waals surface area contributed by atoms with Crippen molar-refractivity contribution in [1.29, 1.82) is 0 Å². The average molecular weight is 228 g/mol. The highest BCUT2D eigenvalue weighted by atomic mass is 32.1. The van der Waals surface area contributed by atoms with Gasteiger partial charge in [0.25, 0.3) is 0 Å². The van der Waals surface area contributed by atoms with Crippen LogP contribution in [-0.2, 0) is 11.3 Å². The molecule has 0 spiro atoms. The van der Waals surface area contributed by atoms with E-state index in [0.717, 1.165) is 26.3 Å².